The van der Waals surface area contributed by atoms with Crippen LogP contribution in [0.5, 0.6) is 0 Å². The van der Waals surface area contributed by atoms with Crippen LogP contribution in [0.4, 0.5) is 10.1 Å². The van der Waals surface area contributed by atoms with Crippen molar-refractivity contribution in [3.63, 3.8) is 0 Å². The normalized spacial score (nSPS) is 21.7. The number of halogens is 1. The van der Waals surface area contributed by atoms with Crippen molar-refractivity contribution >= 4 is 17.6 Å². The minimum absolute atomic E-state index is 0.248. The van der Waals surface area contributed by atoms with Gasteiger partial charge in [0.25, 0.3) is 0 Å². The van der Waals surface area contributed by atoms with Crippen LogP contribution in [-0.2, 0) is 4.79 Å². The molecule has 20 heavy (non-hydrogen) atoms. The number of carbonyl (C=O) groups is 2. The molecule has 0 aromatic heterocycles. The van der Waals surface area contributed by atoms with Gasteiger partial charge in [0.05, 0.1) is 16.8 Å². The molecular formula is C14H17FN2O3. The minimum Gasteiger partial charge on any atom is -0.478 e. The second kappa shape index (κ2) is 5.58. The third-order valence-electron chi connectivity index (χ3n) is 3.76. The van der Waals surface area contributed by atoms with Crippen molar-refractivity contribution in [1.82, 2.24) is 5.32 Å². The molecule has 3 N–H and O–H groups in total. The lowest BCUT2D eigenvalue weighted by molar-refractivity contribution is -0.122. The molecule has 1 atom stereocenters. The third kappa shape index (κ3) is 2.51. The van der Waals surface area contributed by atoms with Crippen molar-refractivity contribution in [3.8, 4) is 0 Å². The van der Waals surface area contributed by atoms with Crippen LogP contribution in [0, 0.1) is 5.82 Å². The van der Waals surface area contributed by atoms with Crippen molar-refractivity contribution in [1.29, 1.82) is 0 Å². The minimum atomic E-state index is -1.27. The molecule has 1 aliphatic rings. The van der Waals surface area contributed by atoms with E-state index in [1.54, 1.807) is 0 Å². The van der Waals surface area contributed by atoms with E-state index in [9.17, 15) is 14.0 Å². The Morgan fingerprint density at radius 1 is 1.50 bits per heavy atom. The Morgan fingerprint density at radius 2 is 2.25 bits per heavy atom. The maximum Gasteiger partial charge on any atom is 0.337 e. The fraction of sp³-hybridized carbons (Fsp3) is 0.429. The molecule has 1 fully saturated rings. The van der Waals surface area contributed by atoms with E-state index < -0.39 is 17.3 Å². The highest BCUT2D eigenvalue weighted by Gasteiger charge is 2.39. The van der Waals surface area contributed by atoms with Crippen molar-refractivity contribution in [3.05, 3.63) is 29.6 Å². The number of benzene rings is 1. The zero-order chi connectivity index (χ0) is 14.8. The molecule has 1 heterocycles. The summed E-state index contributed by atoms with van der Waals surface area (Å²) in [6, 6.07) is 3.70. The summed E-state index contributed by atoms with van der Waals surface area (Å²) in [6.45, 7) is 2.60. The first-order chi connectivity index (χ1) is 9.50. The largest absolute Gasteiger partial charge is 0.478 e. The molecule has 6 heteroatoms. The van der Waals surface area contributed by atoms with Gasteiger partial charge in [-0.2, -0.15) is 0 Å². The number of nitrogens with one attached hydrogen (secondary N) is 2. The van der Waals surface area contributed by atoms with Crippen LogP contribution >= 0.6 is 0 Å². The van der Waals surface area contributed by atoms with Crippen LogP contribution in [0.2, 0.25) is 0 Å². The van der Waals surface area contributed by atoms with E-state index >= 15 is 0 Å². The van der Waals surface area contributed by atoms with Crippen molar-refractivity contribution in [2.24, 2.45) is 0 Å². The fourth-order valence-electron chi connectivity index (χ4n) is 2.52. The highest BCUT2D eigenvalue weighted by Crippen LogP contribution is 2.27. The lowest BCUT2D eigenvalue weighted by Gasteiger charge is -2.27. The second-order valence-corrected chi connectivity index (χ2v) is 4.89. The quantitative estimate of drug-likeness (QED) is 0.788. The summed E-state index contributed by atoms with van der Waals surface area (Å²) in [6.07, 6.45) is 2.09. The molecule has 1 aromatic carbocycles. The topological polar surface area (TPSA) is 78.4 Å². The second-order valence-electron chi connectivity index (χ2n) is 4.89. The van der Waals surface area contributed by atoms with Gasteiger partial charge in [0.2, 0.25) is 5.91 Å². The molecule has 1 aromatic rings. The van der Waals surface area contributed by atoms with E-state index in [1.165, 1.54) is 12.1 Å². The number of anilines is 1. The summed E-state index contributed by atoms with van der Waals surface area (Å²) in [5.41, 5.74) is -1.26. The van der Waals surface area contributed by atoms with E-state index in [0.717, 1.165) is 19.0 Å². The predicted octanol–water partition coefficient (Wildman–Crippen LogP) is 1.99. The Balaban J connectivity index is 2.30. The molecule has 0 saturated carbocycles. The van der Waals surface area contributed by atoms with Crippen LogP contribution in [0.3, 0.4) is 0 Å². The lowest BCUT2D eigenvalue weighted by Crippen LogP contribution is -2.50. The predicted molar refractivity (Wildman–Crippen MR) is 72.2 cm³/mol. The molecule has 0 spiro atoms. The average molecular weight is 280 g/mol. The van der Waals surface area contributed by atoms with Gasteiger partial charge in [-0.05, 0) is 37.9 Å². The Morgan fingerprint density at radius 3 is 2.80 bits per heavy atom. The maximum absolute atomic E-state index is 13.8. The van der Waals surface area contributed by atoms with Crippen LogP contribution < -0.4 is 10.6 Å². The molecule has 108 valence electrons. The molecule has 1 aliphatic heterocycles. The van der Waals surface area contributed by atoms with Gasteiger partial charge >= 0.3 is 5.97 Å². The molecule has 0 aliphatic carbocycles. The van der Waals surface area contributed by atoms with Crippen LogP contribution in [0.15, 0.2) is 18.2 Å². The van der Waals surface area contributed by atoms with Gasteiger partial charge in [-0.25, -0.2) is 9.18 Å². The number of amides is 1. The summed E-state index contributed by atoms with van der Waals surface area (Å²) in [5, 5.41) is 14.6. The van der Waals surface area contributed by atoms with E-state index in [1.807, 2.05) is 6.92 Å². The summed E-state index contributed by atoms with van der Waals surface area (Å²) < 4.78 is 13.8. The number of carbonyl (C=O) groups excluding carboxylic acids is 1. The standard InChI is InChI=1S/C14H17FN2O3/c1-2-14(7-4-8-16-14)13(20)17-11-9(12(18)19)5-3-6-10(11)15/h3,5-6,16H,2,4,7-8H2,1H3,(H,17,20)(H,18,19). The van der Waals surface area contributed by atoms with E-state index in [2.05, 4.69) is 10.6 Å². The molecular weight excluding hydrogens is 263 g/mol. The van der Waals surface area contributed by atoms with Gasteiger partial charge in [-0.3, -0.25) is 4.79 Å². The summed E-state index contributed by atoms with van der Waals surface area (Å²) in [5.74, 6) is -2.41. The smallest absolute Gasteiger partial charge is 0.337 e. The maximum atomic E-state index is 13.8. The average Bonchev–Trinajstić information content (AvgIpc) is 2.90. The Hall–Kier alpha value is -1.95. The zero-order valence-electron chi connectivity index (χ0n) is 11.2. The van der Waals surface area contributed by atoms with E-state index in [0.29, 0.717) is 12.8 Å². The van der Waals surface area contributed by atoms with Crippen LogP contribution in [-0.4, -0.2) is 29.1 Å². The summed E-state index contributed by atoms with van der Waals surface area (Å²) in [7, 11) is 0. The third-order valence-corrected chi connectivity index (χ3v) is 3.76. The van der Waals surface area contributed by atoms with Gasteiger partial charge in [0.1, 0.15) is 5.82 Å². The van der Waals surface area contributed by atoms with Gasteiger partial charge in [0.15, 0.2) is 0 Å². The molecule has 1 unspecified atom stereocenters. The van der Waals surface area contributed by atoms with Crippen LogP contribution in [0.1, 0.15) is 36.5 Å². The number of hydrogen-bond acceptors (Lipinski definition) is 3. The van der Waals surface area contributed by atoms with Crippen molar-refractivity contribution in [2.45, 2.75) is 31.7 Å². The molecule has 5 nitrogen and oxygen atoms in total. The van der Waals surface area contributed by atoms with Crippen molar-refractivity contribution in [2.75, 3.05) is 11.9 Å². The molecule has 2 rings (SSSR count). The number of carboxylic acid groups (broad SMARTS) is 1. The number of carboxylic acids is 1. The molecule has 0 bridgehead atoms. The fourth-order valence-corrected chi connectivity index (χ4v) is 2.52. The first-order valence-corrected chi connectivity index (χ1v) is 6.58. The SMILES string of the molecule is CCC1(C(=O)Nc2c(F)cccc2C(=O)O)CCCN1. The number of aromatic carboxylic acids is 1. The Bertz CT molecular complexity index is 539. The Kier molecular flexibility index (Phi) is 4.04. The van der Waals surface area contributed by atoms with Gasteiger partial charge in [-0.15, -0.1) is 0 Å². The lowest BCUT2D eigenvalue weighted by atomic mass is 9.93. The highest BCUT2D eigenvalue weighted by molar-refractivity contribution is 6.04. The van der Waals surface area contributed by atoms with Gasteiger partial charge in [0, 0.05) is 0 Å². The molecule has 1 amide bonds. The highest BCUT2D eigenvalue weighted by atomic mass is 19.1. The molecule has 0 radical (unpaired) electrons. The summed E-state index contributed by atoms with van der Waals surface area (Å²) in [4.78, 5) is 23.5. The zero-order valence-corrected chi connectivity index (χ0v) is 11.2. The first-order valence-electron chi connectivity index (χ1n) is 6.58. The number of rotatable bonds is 4. The molecule has 1 saturated heterocycles. The van der Waals surface area contributed by atoms with Crippen LogP contribution in [0.25, 0.3) is 0 Å². The monoisotopic (exact) mass is 280 g/mol. The van der Waals surface area contributed by atoms with Crippen molar-refractivity contribution < 1.29 is 19.1 Å². The summed E-state index contributed by atoms with van der Waals surface area (Å²) >= 11 is 0. The number of para-hydroxylation sites is 1. The van der Waals surface area contributed by atoms with Gasteiger partial charge in [-0.1, -0.05) is 13.0 Å². The van der Waals surface area contributed by atoms with Gasteiger partial charge < -0.3 is 15.7 Å². The van der Waals surface area contributed by atoms with E-state index in [-0.39, 0.29) is 17.2 Å². The number of hydrogen-bond donors (Lipinski definition) is 3. The van der Waals surface area contributed by atoms with E-state index in [4.69, 9.17) is 5.11 Å². The first kappa shape index (κ1) is 14.5. The Labute approximate surface area is 116 Å².